The van der Waals surface area contributed by atoms with Crippen LogP contribution in [0, 0.1) is 0 Å². The van der Waals surface area contributed by atoms with Gasteiger partial charge in [-0.3, -0.25) is 5.43 Å². The van der Waals surface area contributed by atoms with Gasteiger partial charge in [0.2, 0.25) is 0 Å². The second-order valence-corrected chi connectivity index (χ2v) is 6.58. The highest BCUT2D eigenvalue weighted by Gasteiger charge is 2.19. The molecule has 6 heteroatoms. The van der Waals surface area contributed by atoms with Crippen LogP contribution in [0.1, 0.15) is 11.1 Å². The number of nitrogens with one attached hydrogen (secondary N) is 1. The molecule has 0 aliphatic heterocycles. The van der Waals surface area contributed by atoms with Crippen LogP contribution >= 0.6 is 15.9 Å². The number of para-hydroxylation sites is 1. The van der Waals surface area contributed by atoms with Crippen LogP contribution < -0.4 is 14.9 Å². The highest BCUT2D eigenvalue weighted by atomic mass is 79.9. The molecule has 0 aromatic heterocycles. The third-order valence-electron chi connectivity index (χ3n) is 3.94. The number of halogens is 1. The average Bonchev–Trinajstić information content (AvgIpc) is 2.70. The summed E-state index contributed by atoms with van der Waals surface area (Å²) in [7, 11) is 3.08. The van der Waals surface area contributed by atoms with Gasteiger partial charge >= 0.3 is 0 Å². The minimum absolute atomic E-state index is 0.0164. The van der Waals surface area contributed by atoms with Gasteiger partial charge < -0.3 is 14.6 Å². The summed E-state index contributed by atoms with van der Waals surface area (Å²) in [6.07, 6.45) is 0. The first-order valence-corrected chi connectivity index (χ1v) is 9.01. The van der Waals surface area contributed by atoms with Crippen molar-refractivity contribution in [2.45, 2.75) is 0 Å². The number of hydrogen-bond donors (Lipinski definition) is 2. The smallest absolute Gasteiger partial charge is 0.135 e. The standard InChI is InChI=1S/C21H19BrN2O3/c1-26-17-12-18(25)20(19(13-17)27-2)21(14-8-10-15(22)11-9-14)24-23-16-6-4-3-5-7-16/h3-13,23,25H,1-2H3/b24-21-. The second kappa shape index (κ2) is 8.60. The van der Waals surface area contributed by atoms with E-state index in [1.54, 1.807) is 13.2 Å². The molecule has 5 nitrogen and oxygen atoms in total. The zero-order valence-electron chi connectivity index (χ0n) is 14.9. The number of benzene rings is 3. The lowest BCUT2D eigenvalue weighted by atomic mass is 10.00. The maximum absolute atomic E-state index is 10.6. The molecule has 2 N–H and O–H groups in total. The van der Waals surface area contributed by atoms with E-state index in [2.05, 4.69) is 26.5 Å². The maximum Gasteiger partial charge on any atom is 0.135 e. The van der Waals surface area contributed by atoms with Crippen LogP contribution in [-0.2, 0) is 0 Å². The van der Waals surface area contributed by atoms with E-state index in [4.69, 9.17) is 9.47 Å². The van der Waals surface area contributed by atoms with Crippen LogP contribution in [0.5, 0.6) is 17.2 Å². The van der Waals surface area contributed by atoms with E-state index in [0.29, 0.717) is 22.8 Å². The Kier molecular flexibility index (Phi) is 5.98. The Labute approximate surface area is 166 Å². The molecule has 0 spiro atoms. The Balaban J connectivity index is 2.14. The fourth-order valence-electron chi connectivity index (χ4n) is 2.60. The van der Waals surface area contributed by atoms with Gasteiger partial charge in [-0.1, -0.05) is 46.3 Å². The molecular formula is C21H19BrN2O3. The number of hydrazone groups is 1. The van der Waals surface area contributed by atoms with Gasteiger partial charge in [0, 0.05) is 22.2 Å². The van der Waals surface area contributed by atoms with Crippen molar-refractivity contribution in [2.24, 2.45) is 5.10 Å². The summed E-state index contributed by atoms with van der Waals surface area (Å²) in [4.78, 5) is 0. The normalized spacial score (nSPS) is 11.1. The molecule has 0 fully saturated rings. The summed E-state index contributed by atoms with van der Waals surface area (Å²) in [5.41, 5.74) is 5.71. The van der Waals surface area contributed by atoms with E-state index in [1.807, 2.05) is 54.6 Å². The molecule has 3 aromatic carbocycles. The molecule has 0 unspecified atom stereocenters. The minimum Gasteiger partial charge on any atom is -0.507 e. The predicted octanol–water partition coefficient (Wildman–Crippen LogP) is 5.04. The zero-order chi connectivity index (χ0) is 19.2. The van der Waals surface area contributed by atoms with Gasteiger partial charge in [0.05, 0.1) is 25.5 Å². The highest BCUT2D eigenvalue weighted by molar-refractivity contribution is 9.10. The van der Waals surface area contributed by atoms with E-state index >= 15 is 0 Å². The molecule has 138 valence electrons. The highest BCUT2D eigenvalue weighted by Crippen LogP contribution is 2.35. The lowest BCUT2D eigenvalue weighted by Crippen LogP contribution is -2.09. The molecule has 0 heterocycles. The third kappa shape index (κ3) is 4.41. The number of hydrogen-bond acceptors (Lipinski definition) is 5. The molecule has 3 rings (SSSR count). The zero-order valence-corrected chi connectivity index (χ0v) is 16.5. The topological polar surface area (TPSA) is 63.1 Å². The second-order valence-electron chi connectivity index (χ2n) is 5.67. The van der Waals surface area contributed by atoms with Gasteiger partial charge in [0.1, 0.15) is 23.0 Å². The molecule has 0 amide bonds. The SMILES string of the molecule is COc1cc(O)c(/C(=N\Nc2ccccc2)c2ccc(Br)cc2)c(OC)c1. The predicted molar refractivity (Wildman–Crippen MR) is 111 cm³/mol. The number of methoxy groups -OCH3 is 2. The number of aromatic hydroxyl groups is 1. The van der Waals surface area contributed by atoms with Gasteiger partial charge in [-0.2, -0.15) is 5.10 Å². The van der Waals surface area contributed by atoms with Crippen molar-refractivity contribution in [1.29, 1.82) is 0 Å². The molecule has 3 aromatic rings. The molecule has 0 atom stereocenters. The molecule has 0 radical (unpaired) electrons. The van der Waals surface area contributed by atoms with E-state index < -0.39 is 0 Å². The van der Waals surface area contributed by atoms with Crippen molar-refractivity contribution >= 4 is 27.3 Å². The lowest BCUT2D eigenvalue weighted by molar-refractivity contribution is 0.384. The minimum atomic E-state index is 0.0164. The van der Waals surface area contributed by atoms with Gasteiger partial charge in [-0.15, -0.1) is 0 Å². The largest absolute Gasteiger partial charge is 0.507 e. The van der Waals surface area contributed by atoms with Gasteiger partial charge in [0.25, 0.3) is 0 Å². The summed E-state index contributed by atoms with van der Waals surface area (Å²) in [6, 6.07) is 20.5. The fourth-order valence-corrected chi connectivity index (χ4v) is 2.86. The van der Waals surface area contributed by atoms with Crippen LogP contribution in [0.4, 0.5) is 5.69 Å². The van der Waals surface area contributed by atoms with Crippen molar-refractivity contribution in [3.8, 4) is 17.2 Å². The molecule has 0 saturated carbocycles. The van der Waals surface area contributed by atoms with Gasteiger partial charge in [-0.25, -0.2) is 0 Å². The molecule has 27 heavy (non-hydrogen) atoms. The molecular weight excluding hydrogens is 408 g/mol. The Bertz CT molecular complexity index is 942. The number of rotatable bonds is 6. The first kappa shape index (κ1) is 18.8. The summed E-state index contributed by atoms with van der Waals surface area (Å²) in [5.74, 6) is 0.977. The van der Waals surface area contributed by atoms with E-state index in [1.165, 1.54) is 13.2 Å². The van der Waals surface area contributed by atoms with Crippen LogP contribution in [-0.4, -0.2) is 25.0 Å². The van der Waals surface area contributed by atoms with Crippen molar-refractivity contribution < 1.29 is 14.6 Å². The molecule has 0 bridgehead atoms. The number of anilines is 1. The van der Waals surface area contributed by atoms with Crippen LogP contribution in [0.3, 0.4) is 0 Å². The first-order chi connectivity index (χ1) is 13.1. The Morgan fingerprint density at radius 2 is 1.67 bits per heavy atom. The van der Waals surface area contributed by atoms with Gasteiger partial charge in [0.15, 0.2) is 0 Å². The Morgan fingerprint density at radius 3 is 2.30 bits per heavy atom. The van der Waals surface area contributed by atoms with E-state index in [9.17, 15) is 5.11 Å². The van der Waals surface area contributed by atoms with Crippen LogP contribution in [0.15, 0.2) is 76.3 Å². The maximum atomic E-state index is 10.6. The monoisotopic (exact) mass is 426 g/mol. The first-order valence-electron chi connectivity index (χ1n) is 8.22. The Hall–Kier alpha value is -2.99. The van der Waals surface area contributed by atoms with E-state index in [-0.39, 0.29) is 5.75 Å². The Morgan fingerprint density at radius 1 is 0.963 bits per heavy atom. The number of ether oxygens (including phenoxy) is 2. The van der Waals surface area contributed by atoms with Crippen LogP contribution in [0.2, 0.25) is 0 Å². The fraction of sp³-hybridized carbons (Fsp3) is 0.0952. The third-order valence-corrected chi connectivity index (χ3v) is 4.46. The molecule has 0 aliphatic rings. The number of phenols is 1. The quantitative estimate of drug-likeness (QED) is 0.428. The summed E-state index contributed by atoms with van der Waals surface area (Å²) in [5, 5.41) is 15.2. The number of nitrogens with zero attached hydrogens (tertiary/aromatic N) is 1. The molecule has 0 aliphatic carbocycles. The van der Waals surface area contributed by atoms with Gasteiger partial charge in [-0.05, 0) is 24.3 Å². The van der Waals surface area contributed by atoms with Crippen molar-refractivity contribution in [2.75, 3.05) is 19.6 Å². The van der Waals surface area contributed by atoms with E-state index in [0.717, 1.165) is 15.7 Å². The lowest BCUT2D eigenvalue weighted by Gasteiger charge is -2.15. The van der Waals surface area contributed by atoms with Crippen molar-refractivity contribution in [3.63, 3.8) is 0 Å². The summed E-state index contributed by atoms with van der Waals surface area (Å²) in [6.45, 7) is 0. The summed E-state index contributed by atoms with van der Waals surface area (Å²) < 4.78 is 11.7. The molecule has 0 saturated heterocycles. The van der Waals surface area contributed by atoms with Crippen LogP contribution in [0.25, 0.3) is 0 Å². The van der Waals surface area contributed by atoms with Crippen molar-refractivity contribution in [3.05, 3.63) is 82.3 Å². The number of phenolic OH excluding ortho intramolecular Hbond substituents is 1. The average molecular weight is 427 g/mol. The summed E-state index contributed by atoms with van der Waals surface area (Å²) >= 11 is 3.44. The van der Waals surface area contributed by atoms with Crippen molar-refractivity contribution in [1.82, 2.24) is 0 Å².